The Morgan fingerprint density at radius 2 is 1.21 bits per heavy atom. The minimum absolute atomic E-state index is 0.0567. The van der Waals surface area contributed by atoms with Gasteiger partial charge in [-0.2, -0.15) is 0 Å². The van der Waals surface area contributed by atoms with Crippen LogP contribution in [0, 0.1) is 27.7 Å². The maximum absolute atomic E-state index is 8.85. The van der Waals surface area contributed by atoms with Crippen LogP contribution in [0.15, 0.2) is 59.0 Å². The van der Waals surface area contributed by atoms with E-state index in [1.807, 2.05) is 40.0 Å². The molecule has 0 saturated heterocycles. The molecular formula is C22H21N7. The van der Waals surface area contributed by atoms with Gasteiger partial charge in [0.15, 0.2) is 0 Å². The smallest absolute Gasteiger partial charge is 0.0434 e. The highest BCUT2D eigenvalue weighted by molar-refractivity contribution is 5.59. The zero-order chi connectivity index (χ0) is 21.0. The fraction of sp³-hybridized carbons (Fsp3) is 0.227. The number of azide groups is 2. The lowest BCUT2D eigenvalue weighted by atomic mass is 9.83. The van der Waals surface area contributed by atoms with E-state index >= 15 is 0 Å². The summed E-state index contributed by atoms with van der Waals surface area (Å²) in [6.45, 7) is 7.79. The van der Waals surface area contributed by atoms with Gasteiger partial charge >= 0.3 is 0 Å². The summed E-state index contributed by atoms with van der Waals surface area (Å²) in [7, 11) is 0. The maximum Gasteiger partial charge on any atom is 0.0434 e. The van der Waals surface area contributed by atoms with E-state index in [1.165, 1.54) is 0 Å². The van der Waals surface area contributed by atoms with E-state index in [1.54, 1.807) is 6.20 Å². The predicted molar refractivity (Wildman–Crippen MR) is 115 cm³/mol. The fourth-order valence-electron chi connectivity index (χ4n) is 3.84. The first kappa shape index (κ1) is 20.0. The van der Waals surface area contributed by atoms with Crippen LogP contribution in [0.25, 0.3) is 20.9 Å². The molecule has 0 fully saturated rings. The summed E-state index contributed by atoms with van der Waals surface area (Å²) in [6.07, 6.45) is 3.62. The van der Waals surface area contributed by atoms with Gasteiger partial charge in [0.25, 0.3) is 0 Å². The number of pyridine rings is 1. The molecule has 7 heteroatoms. The highest BCUT2D eigenvalue weighted by Gasteiger charge is 2.20. The molecule has 0 amide bonds. The van der Waals surface area contributed by atoms with E-state index in [9.17, 15) is 0 Å². The predicted octanol–water partition coefficient (Wildman–Crippen LogP) is 7.38. The second kappa shape index (κ2) is 8.48. The average Bonchev–Trinajstić information content (AvgIpc) is 2.69. The Morgan fingerprint density at radius 3 is 1.55 bits per heavy atom. The number of benzene rings is 2. The molecule has 3 aromatic rings. The zero-order valence-corrected chi connectivity index (χ0v) is 16.8. The third-order valence-electron chi connectivity index (χ3n) is 5.00. The Kier molecular flexibility index (Phi) is 5.84. The summed E-state index contributed by atoms with van der Waals surface area (Å²) in [6, 6.07) is 12.2. The molecule has 0 unspecified atom stereocenters. The van der Waals surface area contributed by atoms with Crippen LogP contribution in [0.5, 0.6) is 0 Å². The van der Waals surface area contributed by atoms with Gasteiger partial charge in [0.1, 0.15) is 0 Å². The van der Waals surface area contributed by atoms with Crippen LogP contribution in [0.2, 0.25) is 0 Å². The SMILES string of the molecule is Cc1cc(C(c2cccnc2)c2cc(C)c(N=[N+]=[N-])c(C)c2)cc(C)c1N=[N+]=[N-]. The number of rotatable bonds is 5. The standard InChI is InChI=1S/C22H21N7/c1-13-8-18(9-14(2)21(13)26-28-23)20(17-6-5-7-25-12-17)19-10-15(3)22(27-29-24)16(4)11-19/h5-12,20H,1-4H3. The Hall–Kier alpha value is -3.79. The molecule has 0 saturated carbocycles. The molecule has 0 bridgehead atoms. The number of hydrogen-bond acceptors (Lipinski definition) is 3. The van der Waals surface area contributed by atoms with E-state index in [0.29, 0.717) is 11.4 Å². The Balaban J connectivity index is 2.26. The van der Waals surface area contributed by atoms with Crippen molar-refractivity contribution in [3.8, 4) is 0 Å². The first-order chi connectivity index (χ1) is 14.0. The lowest BCUT2D eigenvalue weighted by Crippen LogP contribution is -2.06. The normalized spacial score (nSPS) is 11.3. The van der Waals surface area contributed by atoms with Crippen molar-refractivity contribution in [2.24, 2.45) is 10.2 Å². The van der Waals surface area contributed by atoms with E-state index in [-0.39, 0.29) is 5.92 Å². The molecular weight excluding hydrogens is 362 g/mol. The first-order valence-electron chi connectivity index (χ1n) is 9.18. The topological polar surface area (TPSA) is 110 Å². The van der Waals surface area contributed by atoms with E-state index in [0.717, 1.165) is 38.9 Å². The van der Waals surface area contributed by atoms with Gasteiger partial charge in [-0.25, -0.2) is 0 Å². The number of aromatic nitrogens is 1. The lowest BCUT2D eigenvalue weighted by molar-refractivity contribution is 0.952. The summed E-state index contributed by atoms with van der Waals surface area (Å²) in [5, 5.41) is 7.67. The van der Waals surface area contributed by atoms with Gasteiger partial charge in [0, 0.05) is 39.5 Å². The van der Waals surface area contributed by atoms with Gasteiger partial charge in [0.2, 0.25) is 0 Å². The molecule has 2 aromatic carbocycles. The first-order valence-corrected chi connectivity index (χ1v) is 9.18. The molecule has 0 aliphatic heterocycles. The molecule has 144 valence electrons. The van der Waals surface area contributed by atoms with Gasteiger partial charge in [-0.1, -0.05) is 40.6 Å². The van der Waals surface area contributed by atoms with Crippen molar-refractivity contribution in [2.75, 3.05) is 0 Å². The molecule has 0 atom stereocenters. The maximum atomic E-state index is 8.85. The quantitative estimate of drug-likeness (QED) is 0.255. The van der Waals surface area contributed by atoms with Gasteiger partial charge < -0.3 is 0 Å². The molecule has 0 N–H and O–H groups in total. The molecule has 0 aliphatic rings. The molecule has 0 aliphatic carbocycles. The summed E-state index contributed by atoms with van der Waals surface area (Å²) in [5.41, 5.74) is 25.9. The minimum atomic E-state index is -0.0567. The summed E-state index contributed by atoms with van der Waals surface area (Å²) in [5.74, 6) is -0.0567. The van der Waals surface area contributed by atoms with E-state index in [4.69, 9.17) is 11.1 Å². The third-order valence-corrected chi connectivity index (χ3v) is 5.00. The van der Waals surface area contributed by atoms with Crippen molar-refractivity contribution in [1.29, 1.82) is 0 Å². The van der Waals surface area contributed by atoms with Crippen molar-refractivity contribution >= 4 is 11.4 Å². The minimum Gasteiger partial charge on any atom is -0.264 e. The summed E-state index contributed by atoms with van der Waals surface area (Å²) >= 11 is 0. The molecule has 1 heterocycles. The van der Waals surface area contributed by atoms with Crippen LogP contribution in [0.3, 0.4) is 0 Å². The Bertz CT molecular complexity index is 1040. The van der Waals surface area contributed by atoms with Crippen LogP contribution in [-0.4, -0.2) is 4.98 Å². The van der Waals surface area contributed by atoms with Gasteiger partial charge in [-0.3, -0.25) is 4.98 Å². The Labute approximate surface area is 169 Å². The van der Waals surface area contributed by atoms with Crippen LogP contribution in [0.4, 0.5) is 11.4 Å². The second-order valence-electron chi connectivity index (χ2n) is 7.10. The van der Waals surface area contributed by atoms with Gasteiger partial charge in [0.05, 0.1) is 0 Å². The average molecular weight is 383 g/mol. The largest absolute Gasteiger partial charge is 0.264 e. The van der Waals surface area contributed by atoms with E-state index < -0.39 is 0 Å². The van der Waals surface area contributed by atoms with Crippen molar-refractivity contribution in [3.63, 3.8) is 0 Å². The summed E-state index contributed by atoms with van der Waals surface area (Å²) < 4.78 is 0. The monoisotopic (exact) mass is 383 g/mol. The van der Waals surface area contributed by atoms with E-state index in [2.05, 4.69) is 55.4 Å². The van der Waals surface area contributed by atoms with Crippen LogP contribution < -0.4 is 0 Å². The number of aryl methyl sites for hydroxylation is 4. The second-order valence-corrected chi connectivity index (χ2v) is 7.10. The van der Waals surface area contributed by atoms with Crippen molar-refractivity contribution in [3.05, 3.63) is 109 Å². The Morgan fingerprint density at radius 1 is 0.759 bits per heavy atom. The van der Waals surface area contributed by atoms with Crippen LogP contribution in [0.1, 0.15) is 44.9 Å². The molecule has 29 heavy (non-hydrogen) atoms. The molecule has 7 nitrogen and oxygen atoms in total. The highest BCUT2D eigenvalue weighted by Crippen LogP contribution is 2.38. The number of nitrogens with zero attached hydrogens (tertiary/aromatic N) is 7. The van der Waals surface area contributed by atoms with Crippen molar-refractivity contribution < 1.29 is 0 Å². The lowest BCUT2D eigenvalue weighted by Gasteiger charge is -2.22. The van der Waals surface area contributed by atoms with Gasteiger partial charge in [-0.15, -0.1) is 0 Å². The van der Waals surface area contributed by atoms with Crippen molar-refractivity contribution in [2.45, 2.75) is 33.6 Å². The van der Waals surface area contributed by atoms with Crippen LogP contribution >= 0.6 is 0 Å². The van der Waals surface area contributed by atoms with Crippen LogP contribution in [-0.2, 0) is 0 Å². The fourth-order valence-corrected chi connectivity index (χ4v) is 3.84. The molecule has 3 rings (SSSR count). The molecule has 0 radical (unpaired) electrons. The zero-order valence-electron chi connectivity index (χ0n) is 16.8. The molecule has 1 aromatic heterocycles. The van der Waals surface area contributed by atoms with Gasteiger partial charge in [-0.05, 0) is 83.8 Å². The molecule has 0 spiro atoms. The number of hydrogen-bond donors (Lipinski definition) is 0. The third kappa shape index (κ3) is 4.06. The highest BCUT2D eigenvalue weighted by atomic mass is 15.1. The summed E-state index contributed by atoms with van der Waals surface area (Å²) in [4.78, 5) is 10.2. The van der Waals surface area contributed by atoms with Crippen molar-refractivity contribution in [1.82, 2.24) is 4.98 Å².